The molecule has 7 nitrogen and oxygen atoms in total. The Labute approximate surface area is 190 Å². The quantitative estimate of drug-likeness (QED) is 0.218. The molecule has 162 valence electrons. The predicted molar refractivity (Wildman–Crippen MR) is 126 cm³/mol. The molecular weight excluding hydrogens is 418 g/mol. The molecule has 0 aliphatic heterocycles. The molecule has 0 aliphatic carbocycles. The fraction of sp³-hybridized carbons (Fsp3) is 0.0769. The minimum atomic E-state index is -0.560. The lowest BCUT2D eigenvalue weighted by molar-refractivity contribution is -0.384. The lowest BCUT2D eigenvalue weighted by atomic mass is 9.97. The summed E-state index contributed by atoms with van der Waals surface area (Å²) in [5.41, 5.74) is 4.54. The lowest BCUT2D eigenvalue weighted by Gasteiger charge is -2.05. The number of aryl methyl sites for hydroxylation is 2. The molecular formula is C26H19N3O4. The van der Waals surface area contributed by atoms with Gasteiger partial charge in [-0.3, -0.25) is 10.1 Å². The van der Waals surface area contributed by atoms with Gasteiger partial charge in [0.15, 0.2) is 0 Å². The van der Waals surface area contributed by atoms with Crippen molar-refractivity contribution in [3.8, 4) is 34.3 Å². The van der Waals surface area contributed by atoms with Crippen LogP contribution in [0.25, 0.3) is 22.5 Å². The summed E-state index contributed by atoms with van der Waals surface area (Å²) in [4.78, 5) is 14.8. The lowest BCUT2D eigenvalue weighted by Crippen LogP contribution is -1.90. The first kappa shape index (κ1) is 21.5. The maximum atomic E-state index is 11.1. The van der Waals surface area contributed by atoms with Crippen LogP contribution in [0.3, 0.4) is 0 Å². The Kier molecular flexibility index (Phi) is 5.75. The van der Waals surface area contributed by atoms with E-state index < -0.39 is 4.92 Å². The molecule has 0 saturated carbocycles. The van der Waals surface area contributed by atoms with Crippen LogP contribution in [0.5, 0.6) is 5.75 Å². The number of non-ortho nitro benzene ring substituents is 1. The van der Waals surface area contributed by atoms with Crippen LogP contribution < -0.4 is 0 Å². The number of benzene rings is 3. The average molecular weight is 437 g/mol. The fourth-order valence-corrected chi connectivity index (χ4v) is 3.40. The predicted octanol–water partition coefficient (Wildman–Crippen LogP) is 6.47. The second-order valence-corrected chi connectivity index (χ2v) is 7.59. The summed E-state index contributed by atoms with van der Waals surface area (Å²) in [6.45, 7) is 3.96. The number of phenols is 1. The number of aliphatic imine (C=N–C) groups is 1. The van der Waals surface area contributed by atoms with Gasteiger partial charge in [0.25, 0.3) is 5.69 Å². The Bertz CT molecular complexity index is 1410. The van der Waals surface area contributed by atoms with E-state index in [-0.39, 0.29) is 28.4 Å². The van der Waals surface area contributed by atoms with Gasteiger partial charge in [-0.2, -0.15) is 5.26 Å². The monoisotopic (exact) mass is 437 g/mol. The van der Waals surface area contributed by atoms with Gasteiger partial charge in [0.2, 0.25) is 5.88 Å². The molecule has 33 heavy (non-hydrogen) atoms. The Morgan fingerprint density at radius 3 is 2.18 bits per heavy atom. The normalized spacial score (nSPS) is 10.9. The highest BCUT2D eigenvalue weighted by Crippen LogP contribution is 2.42. The van der Waals surface area contributed by atoms with Crippen molar-refractivity contribution in [2.75, 3.05) is 0 Å². The molecule has 0 unspecified atom stereocenters. The first-order chi connectivity index (χ1) is 15.9. The van der Waals surface area contributed by atoms with E-state index in [1.54, 1.807) is 0 Å². The molecule has 1 N–H and O–H groups in total. The maximum absolute atomic E-state index is 11.1. The number of nitriles is 1. The van der Waals surface area contributed by atoms with Crippen molar-refractivity contribution >= 4 is 17.8 Å². The van der Waals surface area contributed by atoms with E-state index in [1.165, 1.54) is 24.4 Å². The van der Waals surface area contributed by atoms with E-state index in [4.69, 9.17) is 4.42 Å². The van der Waals surface area contributed by atoms with Crippen LogP contribution in [0, 0.1) is 35.3 Å². The number of furan rings is 1. The van der Waals surface area contributed by atoms with Crippen molar-refractivity contribution in [3.63, 3.8) is 0 Å². The standard InChI is InChI=1S/C26H19N3O4/c1-16-3-7-18(8-4-16)24-22(14-27)26(33-25(24)19-9-5-17(2)6-10-19)28-15-20-13-21(29(31)32)11-12-23(20)30/h3-13,15,30H,1-2H3. The van der Waals surface area contributed by atoms with Crippen molar-refractivity contribution in [2.24, 2.45) is 4.99 Å². The third-order valence-electron chi connectivity index (χ3n) is 5.20. The van der Waals surface area contributed by atoms with Crippen LogP contribution in [0.15, 0.2) is 76.1 Å². The summed E-state index contributed by atoms with van der Waals surface area (Å²) in [5.74, 6) is 0.368. The number of hydrogen-bond donors (Lipinski definition) is 1. The highest BCUT2D eigenvalue weighted by molar-refractivity contribution is 5.91. The minimum Gasteiger partial charge on any atom is -0.507 e. The number of aromatic hydroxyl groups is 1. The largest absolute Gasteiger partial charge is 0.507 e. The maximum Gasteiger partial charge on any atom is 0.270 e. The molecule has 4 rings (SSSR count). The third-order valence-corrected chi connectivity index (χ3v) is 5.20. The fourth-order valence-electron chi connectivity index (χ4n) is 3.40. The number of nitro benzene ring substituents is 1. The summed E-state index contributed by atoms with van der Waals surface area (Å²) >= 11 is 0. The molecule has 1 aromatic heterocycles. The van der Waals surface area contributed by atoms with Gasteiger partial charge >= 0.3 is 0 Å². The third kappa shape index (κ3) is 4.36. The molecule has 1 heterocycles. The molecule has 7 heteroatoms. The number of phenolic OH excluding ortho intramolecular Hbond substituents is 1. The molecule has 0 atom stereocenters. The topological polar surface area (TPSA) is 113 Å². The molecule has 0 bridgehead atoms. The molecule has 0 aliphatic rings. The molecule has 3 aromatic carbocycles. The molecule has 0 spiro atoms. The van der Waals surface area contributed by atoms with Gasteiger partial charge in [-0.25, -0.2) is 4.99 Å². The van der Waals surface area contributed by atoms with Gasteiger partial charge in [-0.1, -0.05) is 59.7 Å². The average Bonchev–Trinajstić information content (AvgIpc) is 3.17. The van der Waals surface area contributed by atoms with Crippen LogP contribution >= 0.6 is 0 Å². The summed E-state index contributed by atoms with van der Waals surface area (Å²) in [6.07, 6.45) is 1.25. The van der Waals surface area contributed by atoms with E-state index in [0.29, 0.717) is 11.3 Å². The Balaban J connectivity index is 1.89. The van der Waals surface area contributed by atoms with Crippen LogP contribution in [0.4, 0.5) is 11.6 Å². The second-order valence-electron chi connectivity index (χ2n) is 7.59. The highest BCUT2D eigenvalue weighted by Gasteiger charge is 2.23. The van der Waals surface area contributed by atoms with Crippen LogP contribution in [0.2, 0.25) is 0 Å². The smallest absolute Gasteiger partial charge is 0.270 e. The summed E-state index contributed by atoms with van der Waals surface area (Å²) in [6, 6.07) is 21.3. The van der Waals surface area contributed by atoms with Crippen molar-refractivity contribution in [1.29, 1.82) is 5.26 Å². The van der Waals surface area contributed by atoms with Gasteiger partial charge in [0.05, 0.1) is 4.92 Å². The van der Waals surface area contributed by atoms with Gasteiger partial charge in [0.1, 0.15) is 23.1 Å². The first-order valence-electron chi connectivity index (χ1n) is 10.1. The van der Waals surface area contributed by atoms with E-state index in [1.807, 2.05) is 62.4 Å². The Morgan fingerprint density at radius 2 is 1.61 bits per heavy atom. The summed E-state index contributed by atoms with van der Waals surface area (Å²) in [7, 11) is 0. The highest BCUT2D eigenvalue weighted by atomic mass is 16.6. The first-order valence-corrected chi connectivity index (χ1v) is 10.1. The Morgan fingerprint density at radius 1 is 1.00 bits per heavy atom. The van der Waals surface area contributed by atoms with Crippen LogP contribution in [0.1, 0.15) is 22.3 Å². The molecule has 0 fully saturated rings. The molecule has 4 aromatic rings. The zero-order valence-corrected chi connectivity index (χ0v) is 17.9. The van der Waals surface area contributed by atoms with Crippen LogP contribution in [-0.4, -0.2) is 16.2 Å². The zero-order valence-electron chi connectivity index (χ0n) is 17.9. The molecule has 0 radical (unpaired) electrons. The zero-order chi connectivity index (χ0) is 23.5. The van der Waals surface area contributed by atoms with Crippen LogP contribution in [-0.2, 0) is 0 Å². The Hall–Kier alpha value is -4.70. The van der Waals surface area contributed by atoms with Crippen molar-refractivity contribution < 1.29 is 14.4 Å². The summed E-state index contributed by atoms with van der Waals surface area (Å²) in [5, 5.41) is 31.1. The number of nitrogens with zero attached hydrogens (tertiary/aromatic N) is 3. The molecule has 0 amide bonds. The van der Waals surface area contributed by atoms with Gasteiger partial charge in [0, 0.05) is 35.0 Å². The van der Waals surface area contributed by atoms with E-state index in [0.717, 1.165) is 22.3 Å². The SMILES string of the molecule is Cc1ccc(-c2oc(N=Cc3cc([N+](=O)[O-])ccc3O)c(C#N)c2-c2ccc(C)cc2)cc1. The van der Waals surface area contributed by atoms with Gasteiger partial charge < -0.3 is 9.52 Å². The van der Waals surface area contributed by atoms with E-state index >= 15 is 0 Å². The second kappa shape index (κ2) is 8.81. The number of nitro groups is 1. The van der Waals surface area contributed by atoms with Crippen molar-refractivity contribution in [3.05, 3.63) is 99.1 Å². The minimum absolute atomic E-state index is 0.0505. The van der Waals surface area contributed by atoms with Crippen molar-refractivity contribution in [1.82, 2.24) is 0 Å². The van der Waals surface area contributed by atoms with Gasteiger partial charge in [-0.05, 0) is 25.5 Å². The van der Waals surface area contributed by atoms with E-state index in [9.17, 15) is 20.5 Å². The summed E-state index contributed by atoms with van der Waals surface area (Å²) < 4.78 is 6.05. The van der Waals surface area contributed by atoms with Crippen molar-refractivity contribution in [2.45, 2.75) is 13.8 Å². The van der Waals surface area contributed by atoms with Gasteiger partial charge in [-0.15, -0.1) is 0 Å². The van der Waals surface area contributed by atoms with E-state index in [2.05, 4.69) is 11.1 Å². The molecule has 0 saturated heterocycles. The number of hydrogen-bond acceptors (Lipinski definition) is 6. The number of rotatable bonds is 5.